The molecule has 3 N–H and O–H groups in total. The fourth-order valence-electron chi connectivity index (χ4n) is 6.40. The normalized spacial score (nSPS) is 21.1. The second-order valence-corrected chi connectivity index (χ2v) is 13.4. The number of halogens is 5. The molecule has 2 unspecified atom stereocenters. The Labute approximate surface area is 253 Å². The lowest BCUT2D eigenvalue weighted by atomic mass is 9.95. The quantitative estimate of drug-likeness (QED) is 0.201. The highest BCUT2D eigenvalue weighted by molar-refractivity contribution is 7.72. The van der Waals surface area contributed by atoms with Crippen LogP contribution in [-0.4, -0.2) is 79.0 Å². The number of anilines is 2. The molecule has 3 saturated heterocycles. The van der Waals surface area contributed by atoms with Crippen molar-refractivity contribution in [3.63, 3.8) is 0 Å². The highest BCUT2D eigenvalue weighted by Gasteiger charge is 2.40. The van der Waals surface area contributed by atoms with Gasteiger partial charge in [0.05, 0.1) is 28.3 Å². The van der Waals surface area contributed by atoms with Crippen molar-refractivity contribution in [3.8, 4) is 17.1 Å². The number of nitrogen functional groups attached to an aromatic ring is 1. The largest absolute Gasteiger partial charge is 0.463 e. The molecule has 4 aromatic rings. The molecule has 0 radical (unpaired) electrons. The molecule has 7 rings (SSSR count). The lowest BCUT2D eigenvalue weighted by Gasteiger charge is -2.37. The van der Waals surface area contributed by atoms with E-state index >= 15 is 4.39 Å². The van der Waals surface area contributed by atoms with E-state index in [-0.39, 0.29) is 74.1 Å². The number of benzene rings is 2. The van der Waals surface area contributed by atoms with Crippen molar-refractivity contribution in [1.82, 2.24) is 25.2 Å². The van der Waals surface area contributed by atoms with Crippen molar-refractivity contribution in [2.24, 2.45) is 5.92 Å². The van der Waals surface area contributed by atoms with E-state index in [2.05, 4.69) is 20.3 Å². The van der Waals surface area contributed by atoms with Gasteiger partial charge in [-0.3, -0.25) is 4.90 Å². The molecule has 0 aliphatic carbocycles. The Morgan fingerprint density at radius 2 is 1.77 bits per heavy atom. The van der Waals surface area contributed by atoms with Crippen LogP contribution in [0, 0.1) is 17.6 Å². The summed E-state index contributed by atoms with van der Waals surface area (Å²) in [6.07, 6.45) is -3.21. The van der Waals surface area contributed by atoms with Gasteiger partial charge in [-0.05, 0) is 31.0 Å². The van der Waals surface area contributed by atoms with E-state index in [9.17, 15) is 26.0 Å². The van der Waals surface area contributed by atoms with Crippen molar-refractivity contribution in [2.45, 2.75) is 31.1 Å². The third-order valence-corrected chi connectivity index (χ3v) is 9.81. The van der Waals surface area contributed by atoms with Crippen LogP contribution in [0.2, 0.25) is 0 Å². The molecule has 0 spiro atoms. The molecule has 44 heavy (non-hydrogen) atoms. The summed E-state index contributed by atoms with van der Waals surface area (Å²) in [5, 5.41) is 3.26. The molecule has 3 aliphatic rings. The number of hydrogen-bond acceptors (Lipinski definition) is 11. The lowest BCUT2D eigenvalue weighted by Crippen LogP contribution is -2.51. The molecule has 2 atom stereocenters. The molecule has 3 aliphatic heterocycles. The minimum Gasteiger partial charge on any atom is -0.463 e. The summed E-state index contributed by atoms with van der Waals surface area (Å²) < 4.78 is 103. The van der Waals surface area contributed by atoms with E-state index in [1.165, 1.54) is 0 Å². The van der Waals surface area contributed by atoms with E-state index in [0.717, 1.165) is 42.4 Å². The molecule has 3 fully saturated rings. The Balaban J connectivity index is 1.37. The molecule has 17 heteroatoms. The Kier molecular flexibility index (Phi) is 7.25. The fourth-order valence-corrected chi connectivity index (χ4v) is 7.72. The van der Waals surface area contributed by atoms with E-state index in [4.69, 9.17) is 10.5 Å². The van der Waals surface area contributed by atoms with Gasteiger partial charge in [0.1, 0.15) is 17.2 Å². The summed E-state index contributed by atoms with van der Waals surface area (Å²) in [5.74, 6) is -1.98. The van der Waals surface area contributed by atoms with Gasteiger partial charge in [-0.1, -0.05) is 11.3 Å². The van der Waals surface area contributed by atoms with Crippen LogP contribution in [0.25, 0.3) is 32.2 Å². The Morgan fingerprint density at radius 1 is 1.05 bits per heavy atom. The zero-order chi connectivity index (χ0) is 30.9. The van der Waals surface area contributed by atoms with Gasteiger partial charge in [0, 0.05) is 60.7 Å². The molecule has 2 aromatic carbocycles. The number of likely N-dealkylation sites (tertiary alicyclic amines) is 1. The lowest BCUT2D eigenvalue weighted by molar-refractivity contribution is -0.137. The topological polar surface area (TPSA) is 127 Å². The molecule has 10 nitrogen and oxygen atoms in total. The van der Waals surface area contributed by atoms with Crippen molar-refractivity contribution in [2.75, 3.05) is 49.3 Å². The fraction of sp³-hybridized carbons (Fsp3) is 0.444. The van der Waals surface area contributed by atoms with Gasteiger partial charge in [-0.2, -0.15) is 23.1 Å². The van der Waals surface area contributed by atoms with Gasteiger partial charge in [0.15, 0.2) is 21.7 Å². The zero-order valence-electron chi connectivity index (χ0n) is 22.9. The number of piperazine rings is 1. The summed E-state index contributed by atoms with van der Waals surface area (Å²) >= 11 is 0.753. The summed E-state index contributed by atoms with van der Waals surface area (Å²) in [7, 11) is -2.55. The maximum atomic E-state index is 16.6. The maximum absolute atomic E-state index is 16.6. The molecule has 2 aromatic heterocycles. The molecule has 2 bridgehead atoms. The number of hydrogen-bond donors (Lipinski definition) is 3. The monoisotopic (exact) mass is 655 g/mol. The number of thiazole rings is 1. The molecular weight excluding hydrogens is 629 g/mol. The minimum atomic E-state index is -4.99. The van der Waals surface area contributed by atoms with Crippen LogP contribution in [0.1, 0.15) is 18.4 Å². The SMILES string of the molecule is Nc1nc2c(-c3c(C(F)(F)F)cc4c(N5CC6CCC(C5)N6)nc(OCC5CN(C[SH](=O)=O)C5)nc4c3F)ccc(F)c2s1. The Morgan fingerprint density at radius 3 is 2.45 bits per heavy atom. The van der Waals surface area contributed by atoms with Gasteiger partial charge in [-0.15, -0.1) is 0 Å². The van der Waals surface area contributed by atoms with Gasteiger partial charge >= 0.3 is 12.2 Å². The predicted octanol–water partition coefficient (Wildman–Crippen LogP) is 3.61. The van der Waals surface area contributed by atoms with Crippen LogP contribution in [-0.2, 0) is 16.9 Å². The summed E-state index contributed by atoms with van der Waals surface area (Å²) in [4.78, 5) is 16.3. The number of fused-ring (bicyclic) bond motifs is 4. The second-order valence-electron chi connectivity index (χ2n) is 11.4. The number of nitrogens with zero attached hydrogens (tertiary/aromatic N) is 5. The van der Waals surface area contributed by atoms with Gasteiger partial charge < -0.3 is 20.7 Å². The van der Waals surface area contributed by atoms with Crippen molar-refractivity contribution >= 4 is 54.1 Å². The average Bonchev–Trinajstić information content (AvgIpc) is 3.50. The third kappa shape index (κ3) is 5.28. The highest BCUT2D eigenvalue weighted by atomic mass is 32.2. The molecule has 5 heterocycles. The first-order chi connectivity index (χ1) is 20.9. The summed E-state index contributed by atoms with van der Waals surface area (Å²) in [6, 6.07) is 2.85. The van der Waals surface area contributed by atoms with Crippen LogP contribution in [0.3, 0.4) is 0 Å². The van der Waals surface area contributed by atoms with Crippen LogP contribution >= 0.6 is 11.3 Å². The van der Waals surface area contributed by atoms with Crippen molar-refractivity contribution in [3.05, 3.63) is 35.4 Å². The summed E-state index contributed by atoms with van der Waals surface area (Å²) in [6.45, 7) is 1.95. The highest BCUT2D eigenvalue weighted by Crippen LogP contribution is 2.46. The van der Waals surface area contributed by atoms with Crippen molar-refractivity contribution < 1.29 is 35.1 Å². The molecule has 0 saturated carbocycles. The number of rotatable bonds is 7. The number of ether oxygens (including phenoxy) is 1. The van der Waals surface area contributed by atoms with Crippen LogP contribution < -0.4 is 20.7 Å². The number of nitrogens with two attached hydrogens (primary N) is 1. The number of nitrogens with one attached hydrogen (secondary N) is 1. The Hall–Kier alpha value is -3.41. The Bertz CT molecular complexity index is 1840. The van der Waals surface area contributed by atoms with Crippen molar-refractivity contribution in [1.29, 1.82) is 0 Å². The number of thiol groups is 1. The predicted molar refractivity (Wildman–Crippen MR) is 155 cm³/mol. The minimum absolute atomic E-state index is 0.0293. The van der Waals surface area contributed by atoms with E-state index < -0.39 is 39.6 Å². The van der Waals surface area contributed by atoms with Crippen LogP contribution in [0.5, 0.6) is 6.01 Å². The van der Waals surface area contributed by atoms with Gasteiger partial charge in [-0.25, -0.2) is 22.2 Å². The maximum Gasteiger partial charge on any atom is 0.417 e. The van der Waals surface area contributed by atoms with Crippen LogP contribution in [0.4, 0.5) is 32.9 Å². The smallest absolute Gasteiger partial charge is 0.417 e. The first kappa shape index (κ1) is 29.3. The molecule has 234 valence electrons. The number of alkyl halides is 3. The summed E-state index contributed by atoms with van der Waals surface area (Å²) in [5.41, 5.74) is 2.83. The first-order valence-electron chi connectivity index (χ1n) is 13.9. The van der Waals surface area contributed by atoms with Gasteiger partial charge in [0.25, 0.3) is 0 Å². The van der Waals surface area contributed by atoms with E-state index in [1.54, 1.807) is 4.90 Å². The third-order valence-electron chi connectivity index (χ3n) is 8.29. The second kappa shape index (κ2) is 10.9. The molecular formula is C27H26F5N7O3S2. The van der Waals surface area contributed by atoms with Crippen LogP contribution in [0.15, 0.2) is 18.2 Å². The first-order valence-corrected chi connectivity index (χ1v) is 16.1. The van der Waals surface area contributed by atoms with E-state index in [1.807, 2.05) is 4.90 Å². The standard InChI is InChI=1S/C27H26F5N7O3S2/c28-18-4-3-15(22-23(18)43-25(33)35-22)19-17(27(30,31)32)5-16-21(20(19)29)36-26(42-10-12-6-38(7-12)11-44(40)41)37-24(16)39-8-13-1-2-14(9-39)34-13/h3-5,12-14,34,44H,1-2,6-11H2,(H2,33,35). The molecule has 0 amide bonds. The average molecular weight is 656 g/mol. The number of aromatic nitrogens is 3. The zero-order valence-corrected chi connectivity index (χ0v) is 24.6. The van der Waals surface area contributed by atoms with Gasteiger partial charge in [0.2, 0.25) is 0 Å². The van der Waals surface area contributed by atoms with E-state index in [0.29, 0.717) is 26.2 Å².